The second-order valence-corrected chi connectivity index (χ2v) is 4.71. The first-order valence-corrected chi connectivity index (χ1v) is 6.23. The zero-order valence-corrected chi connectivity index (χ0v) is 12.2. The Morgan fingerprint density at radius 3 is 2.48 bits per heavy atom. The van der Waals surface area contributed by atoms with Crippen molar-refractivity contribution in [1.29, 1.82) is 0 Å². The molecule has 7 nitrogen and oxygen atoms in total. The normalized spacial score (nSPS) is 13.1. The van der Waals surface area contributed by atoms with Crippen molar-refractivity contribution in [2.45, 2.75) is 18.9 Å². The molecule has 1 aromatic rings. The highest BCUT2D eigenvalue weighted by atomic mass is 16.5. The van der Waals surface area contributed by atoms with E-state index in [0.717, 1.165) is 6.92 Å². The zero-order chi connectivity index (χ0) is 16.0. The Balaban J connectivity index is 2.72. The van der Waals surface area contributed by atoms with Gasteiger partial charge in [0.25, 0.3) is 0 Å². The first-order chi connectivity index (χ1) is 9.80. The van der Waals surface area contributed by atoms with E-state index in [1.165, 1.54) is 14.2 Å². The van der Waals surface area contributed by atoms with Gasteiger partial charge in [-0.15, -0.1) is 0 Å². The van der Waals surface area contributed by atoms with Crippen molar-refractivity contribution in [3.05, 3.63) is 23.8 Å². The van der Waals surface area contributed by atoms with E-state index in [4.69, 9.17) is 14.6 Å². The van der Waals surface area contributed by atoms with Crippen LogP contribution in [-0.2, 0) is 16.0 Å². The Kier molecular flexibility index (Phi) is 5.54. The molecule has 0 heterocycles. The minimum atomic E-state index is -2.01. The van der Waals surface area contributed by atoms with E-state index < -0.39 is 17.5 Å². The van der Waals surface area contributed by atoms with Crippen molar-refractivity contribution < 1.29 is 29.3 Å². The molecule has 1 rings (SSSR count). The summed E-state index contributed by atoms with van der Waals surface area (Å²) >= 11 is 0. The number of hydrogen-bond acceptors (Lipinski definition) is 5. The van der Waals surface area contributed by atoms with Crippen molar-refractivity contribution in [3.63, 3.8) is 0 Å². The monoisotopic (exact) mass is 297 g/mol. The van der Waals surface area contributed by atoms with Crippen LogP contribution in [0.25, 0.3) is 0 Å². The van der Waals surface area contributed by atoms with Crippen LogP contribution in [0, 0.1) is 0 Å². The van der Waals surface area contributed by atoms with Gasteiger partial charge in [0.2, 0.25) is 5.91 Å². The second-order valence-electron chi connectivity index (χ2n) is 4.71. The summed E-state index contributed by atoms with van der Waals surface area (Å²) in [6.45, 7) is 0.731. The number of amides is 1. The number of aliphatic hydroxyl groups is 1. The maximum Gasteiger partial charge on any atom is 0.337 e. The summed E-state index contributed by atoms with van der Waals surface area (Å²) in [6.07, 6.45) is -0.0178. The third-order valence-electron chi connectivity index (χ3n) is 2.93. The highest BCUT2D eigenvalue weighted by Gasteiger charge is 2.30. The third kappa shape index (κ3) is 4.64. The molecule has 0 spiro atoms. The number of carbonyl (C=O) groups is 2. The molecule has 0 aliphatic rings. The van der Waals surface area contributed by atoms with Gasteiger partial charge >= 0.3 is 5.97 Å². The van der Waals surface area contributed by atoms with Gasteiger partial charge in [-0.2, -0.15) is 0 Å². The molecular formula is C14H19NO6. The van der Waals surface area contributed by atoms with E-state index in [1.807, 2.05) is 0 Å². The standard InChI is InChI=1S/C14H19NO6/c1-14(19,13(17)18)8-15-12(16)7-9-6-10(20-2)4-5-11(9)21-3/h4-6,19H,7-8H2,1-3H3,(H,15,16)(H,17,18). The van der Waals surface area contributed by atoms with E-state index in [-0.39, 0.29) is 13.0 Å². The van der Waals surface area contributed by atoms with Crippen LogP contribution in [0.1, 0.15) is 12.5 Å². The van der Waals surface area contributed by atoms with Gasteiger partial charge in [0, 0.05) is 5.56 Å². The van der Waals surface area contributed by atoms with E-state index in [9.17, 15) is 14.7 Å². The molecule has 1 atom stereocenters. The zero-order valence-electron chi connectivity index (χ0n) is 12.2. The fourth-order valence-electron chi connectivity index (χ4n) is 1.60. The molecule has 3 N–H and O–H groups in total. The predicted octanol–water partition coefficient (Wildman–Crippen LogP) is 0.198. The molecule has 0 aromatic heterocycles. The van der Waals surface area contributed by atoms with Crippen LogP contribution in [0.5, 0.6) is 11.5 Å². The van der Waals surface area contributed by atoms with E-state index in [2.05, 4.69) is 5.32 Å². The molecule has 1 amide bonds. The lowest BCUT2D eigenvalue weighted by molar-refractivity contribution is -0.156. The smallest absolute Gasteiger partial charge is 0.337 e. The average molecular weight is 297 g/mol. The quantitative estimate of drug-likeness (QED) is 0.664. The summed E-state index contributed by atoms with van der Waals surface area (Å²) in [5.41, 5.74) is -1.40. The lowest BCUT2D eigenvalue weighted by Gasteiger charge is -2.18. The molecule has 0 saturated carbocycles. The molecule has 7 heteroatoms. The van der Waals surface area contributed by atoms with Gasteiger partial charge in [-0.05, 0) is 25.1 Å². The summed E-state index contributed by atoms with van der Waals surface area (Å²) in [4.78, 5) is 22.6. The fourth-order valence-corrected chi connectivity index (χ4v) is 1.60. The van der Waals surface area contributed by atoms with Crippen molar-refractivity contribution >= 4 is 11.9 Å². The molecule has 1 unspecified atom stereocenters. The molecule has 0 saturated heterocycles. The number of ether oxygens (including phenoxy) is 2. The Labute approximate surface area is 122 Å². The van der Waals surface area contributed by atoms with Gasteiger partial charge in [0.05, 0.1) is 27.2 Å². The van der Waals surface area contributed by atoms with Crippen LogP contribution in [0.3, 0.4) is 0 Å². The maximum atomic E-state index is 11.8. The van der Waals surface area contributed by atoms with Gasteiger partial charge < -0.3 is 25.0 Å². The summed E-state index contributed by atoms with van der Waals surface area (Å²) in [5, 5.41) is 20.7. The summed E-state index contributed by atoms with van der Waals surface area (Å²) < 4.78 is 10.2. The van der Waals surface area contributed by atoms with Gasteiger partial charge in [-0.1, -0.05) is 0 Å². The van der Waals surface area contributed by atoms with Crippen molar-refractivity contribution in [2.75, 3.05) is 20.8 Å². The minimum absolute atomic E-state index is 0.0178. The number of carboxylic acids is 1. The van der Waals surface area contributed by atoms with Crippen LogP contribution in [0.4, 0.5) is 0 Å². The summed E-state index contributed by atoms with van der Waals surface area (Å²) in [6, 6.07) is 5.04. The Morgan fingerprint density at radius 1 is 1.29 bits per heavy atom. The van der Waals surface area contributed by atoms with Crippen LogP contribution >= 0.6 is 0 Å². The Hall–Kier alpha value is -2.28. The number of benzene rings is 1. The van der Waals surface area contributed by atoms with E-state index in [0.29, 0.717) is 17.1 Å². The van der Waals surface area contributed by atoms with Crippen LogP contribution in [-0.4, -0.2) is 48.5 Å². The van der Waals surface area contributed by atoms with Crippen molar-refractivity contribution in [3.8, 4) is 11.5 Å². The van der Waals surface area contributed by atoms with Gasteiger partial charge in [-0.3, -0.25) is 4.79 Å². The molecular weight excluding hydrogens is 278 g/mol. The van der Waals surface area contributed by atoms with Crippen LogP contribution < -0.4 is 14.8 Å². The van der Waals surface area contributed by atoms with Crippen molar-refractivity contribution in [2.24, 2.45) is 0 Å². The molecule has 0 bridgehead atoms. The van der Waals surface area contributed by atoms with E-state index in [1.54, 1.807) is 18.2 Å². The lowest BCUT2D eigenvalue weighted by atomic mass is 10.1. The SMILES string of the molecule is COc1ccc(OC)c(CC(=O)NCC(C)(O)C(=O)O)c1. The molecule has 0 aliphatic heterocycles. The molecule has 21 heavy (non-hydrogen) atoms. The number of carboxylic acid groups (broad SMARTS) is 1. The number of hydrogen-bond donors (Lipinski definition) is 3. The molecule has 0 aliphatic carbocycles. The molecule has 0 fully saturated rings. The number of methoxy groups -OCH3 is 2. The summed E-state index contributed by atoms with van der Waals surface area (Å²) in [7, 11) is 2.99. The highest BCUT2D eigenvalue weighted by molar-refractivity contribution is 5.82. The predicted molar refractivity (Wildman–Crippen MR) is 74.5 cm³/mol. The number of aliphatic carboxylic acids is 1. The molecule has 1 aromatic carbocycles. The first-order valence-electron chi connectivity index (χ1n) is 6.23. The van der Waals surface area contributed by atoms with Gasteiger partial charge in [0.1, 0.15) is 11.5 Å². The van der Waals surface area contributed by atoms with Gasteiger partial charge in [0.15, 0.2) is 5.60 Å². The third-order valence-corrected chi connectivity index (χ3v) is 2.93. The summed E-state index contributed by atoms with van der Waals surface area (Å²) in [5.74, 6) is -0.725. The molecule has 0 radical (unpaired) electrons. The largest absolute Gasteiger partial charge is 0.497 e. The Bertz CT molecular complexity index is 526. The van der Waals surface area contributed by atoms with Crippen molar-refractivity contribution in [1.82, 2.24) is 5.32 Å². The number of rotatable bonds is 7. The van der Waals surface area contributed by atoms with E-state index >= 15 is 0 Å². The fraction of sp³-hybridized carbons (Fsp3) is 0.429. The topological polar surface area (TPSA) is 105 Å². The van der Waals surface area contributed by atoms with Gasteiger partial charge in [-0.25, -0.2) is 4.79 Å². The van der Waals surface area contributed by atoms with Crippen LogP contribution in [0.2, 0.25) is 0 Å². The molecule has 116 valence electrons. The lowest BCUT2D eigenvalue weighted by Crippen LogP contribution is -2.46. The first kappa shape index (κ1) is 16.8. The minimum Gasteiger partial charge on any atom is -0.497 e. The Morgan fingerprint density at radius 2 is 1.95 bits per heavy atom. The maximum absolute atomic E-state index is 11.8. The highest BCUT2D eigenvalue weighted by Crippen LogP contribution is 2.24. The number of carbonyl (C=O) groups excluding carboxylic acids is 1. The number of nitrogens with one attached hydrogen (secondary N) is 1. The van der Waals surface area contributed by atoms with Crippen LogP contribution in [0.15, 0.2) is 18.2 Å². The second kappa shape index (κ2) is 6.94. The average Bonchev–Trinajstić information content (AvgIpc) is 2.45.